The fourth-order valence-electron chi connectivity index (χ4n) is 4.36. The Labute approximate surface area is 199 Å². The molecule has 0 bridgehead atoms. The molecule has 0 saturated heterocycles. The van der Waals surface area contributed by atoms with Gasteiger partial charge in [0, 0.05) is 49.5 Å². The number of nitrogens with zero attached hydrogens (tertiary/aromatic N) is 5. The van der Waals surface area contributed by atoms with Gasteiger partial charge in [-0.15, -0.1) is 0 Å². The second-order valence-corrected chi connectivity index (χ2v) is 8.76. The van der Waals surface area contributed by atoms with Crippen molar-refractivity contribution in [3.8, 4) is 11.5 Å². The van der Waals surface area contributed by atoms with Crippen LogP contribution in [0.5, 0.6) is 11.5 Å². The number of pyridine rings is 1. The number of ether oxygens (including phenoxy) is 2. The van der Waals surface area contributed by atoms with E-state index in [0.717, 1.165) is 24.3 Å². The summed E-state index contributed by atoms with van der Waals surface area (Å²) < 4.78 is 13.8. The summed E-state index contributed by atoms with van der Waals surface area (Å²) in [5.41, 5.74) is 1.33. The Hall–Kier alpha value is -3.46. The van der Waals surface area contributed by atoms with Crippen molar-refractivity contribution in [3.05, 3.63) is 47.8 Å². The van der Waals surface area contributed by atoms with Crippen molar-refractivity contribution >= 4 is 22.6 Å². The maximum atomic E-state index is 12.7. The third kappa shape index (κ3) is 4.75. The Kier molecular flexibility index (Phi) is 7.12. The van der Waals surface area contributed by atoms with Gasteiger partial charge in [0.05, 0.1) is 12.7 Å². The standard InChI is InChI=1S/C25H32N6O3/c1-16(2)30(17(3)4)13-14-34-20-9-8-19-21(22(20)33-5)28-25(31-12-11-27-23(19)31)29-24(32)18-7-6-10-26-15-18/h6-10,15-17,27H,11-14H2,1-5H3. The summed E-state index contributed by atoms with van der Waals surface area (Å²) in [6, 6.07) is 8.14. The molecular weight excluding hydrogens is 432 g/mol. The van der Waals surface area contributed by atoms with Crippen LogP contribution in [0.15, 0.2) is 41.7 Å². The number of hydrogen-bond donors (Lipinski definition) is 1. The van der Waals surface area contributed by atoms with Crippen molar-refractivity contribution in [1.29, 1.82) is 0 Å². The highest BCUT2D eigenvalue weighted by Gasteiger charge is 2.21. The van der Waals surface area contributed by atoms with Gasteiger partial charge in [-0.1, -0.05) is 0 Å². The maximum Gasteiger partial charge on any atom is 0.281 e. The lowest BCUT2D eigenvalue weighted by Crippen LogP contribution is -2.39. The molecule has 0 radical (unpaired) electrons. The number of carbonyl (C=O) groups is 1. The topological polar surface area (TPSA) is 93.9 Å². The summed E-state index contributed by atoms with van der Waals surface area (Å²) in [4.78, 5) is 28.2. The van der Waals surface area contributed by atoms with E-state index in [9.17, 15) is 4.79 Å². The molecule has 0 unspecified atom stereocenters. The first-order chi connectivity index (χ1) is 16.4. The molecule has 0 aliphatic carbocycles. The average Bonchev–Trinajstić information content (AvgIpc) is 3.32. The van der Waals surface area contributed by atoms with Gasteiger partial charge in [0.2, 0.25) is 5.62 Å². The molecule has 1 N–H and O–H groups in total. The predicted octanol–water partition coefficient (Wildman–Crippen LogP) is 3.10. The van der Waals surface area contributed by atoms with Gasteiger partial charge in [0.15, 0.2) is 11.5 Å². The molecule has 0 atom stereocenters. The Morgan fingerprint density at radius 1 is 1.24 bits per heavy atom. The van der Waals surface area contributed by atoms with Gasteiger partial charge in [-0.2, -0.15) is 4.99 Å². The number of nitrogens with one attached hydrogen (secondary N) is 1. The molecule has 1 aromatic carbocycles. The van der Waals surface area contributed by atoms with Crippen molar-refractivity contribution in [2.45, 2.75) is 46.3 Å². The number of anilines is 1. The van der Waals surface area contributed by atoms with Gasteiger partial charge in [-0.05, 0) is 52.0 Å². The number of fused-ring (bicyclic) bond motifs is 3. The van der Waals surface area contributed by atoms with Gasteiger partial charge >= 0.3 is 0 Å². The van der Waals surface area contributed by atoms with Crippen LogP contribution in [0.4, 0.5) is 5.82 Å². The van der Waals surface area contributed by atoms with Crippen LogP contribution in [0.3, 0.4) is 0 Å². The third-order valence-corrected chi connectivity index (χ3v) is 5.95. The quantitative estimate of drug-likeness (QED) is 0.547. The van der Waals surface area contributed by atoms with Crippen LogP contribution < -0.4 is 20.4 Å². The smallest absolute Gasteiger partial charge is 0.281 e. The van der Waals surface area contributed by atoms with Crippen molar-refractivity contribution in [2.75, 3.05) is 32.1 Å². The molecule has 3 heterocycles. The van der Waals surface area contributed by atoms with Crippen LogP contribution in [0.2, 0.25) is 0 Å². The maximum absolute atomic E-state index is 12.7. The molecule has 9 nitrogen and oxygen atoms in total. The fraction of sp³-hybridized carbons (Fsp3) is 0.440. The molecule has 1 aliphatic heterocycles. The molecule has 180 valence electrons. The molecule has 2 aromatic heterocycles. The lowest BCUT2D eigenvalue weighted by atomic mass is 10.2. The molecule has 1 amide bonds. The zero-order chi connectivity index (χ0) is 24.2. The molecule has 0 saturated carbocycles. The fourth-order valence-corrected chi connectivity index (χ4v) is 4.36. The van der Waals surface area contributed by atoms with Gasteiger partial charge in [0.1, 0.15) is 17.9 Å². The number of rotatable bonds is 8. The second-order valence-electron chi connectivity index (χ2n) is 8.76. The molecule has 0 fully saturated rings. The summed E-state index contributed by atoms with van der Waals surface area (Å²) in [5.74, 6) is 1.61. The third-order valence-electron chi connectivity index (χ3n) is 5.95. The monoisotopic (exact) mass is 464 g/mol. The van der Waals surface area contributed by atoms with E-state index in [4.69, 9.17) is 14.5 Å². The van der Waals surface area contributed by atoms with E-state index in [1.807, 2.05) is 16.7 Å². The zero-order valence-corrected chi connectivity index (χ0v) is 20.4. The largest absolute Gasteiger partial charge is 0.491 e. The van der Waals surface area contributed by atoms with Crippen molar-refractivity contribution < 1.29 is 14.3 Å². The van der Waals surface area contributed by atoms with Crippen molar-refractivity contribution in [3.63, 3.8) is 0 Å². The molecule has 4 rings (SSSR count). The highest BCUT2D eigenvalue weighted by molar-refractivity contribution is 5.96. The molecular formula is C25H32N6O3. The minimum Gasteiger partial charge on any atom is -0.491 e. The molecule has 34 heavy (non-hydrogen) atoms. The minimum absolute atomic E-state index is 0.322. The van der Waals surface area contributed by atoms with Crippen molar-refractivity contribution in [1.82, 2.24) is 19.4 Å². The average molecular weight is 465 g/mol. The van der Waals surface area contributed by atoms with E-state index < -0.39 is 5.91 Å². The van der Waals surface area contributed by atoms with Gasteiger partial charge in [-0.25, -0.2) is 4.98 Å². The van der Waals surface area contributed by atoms with Crippen LogP contribution in [-0.4, -0.2) is 64.2 Å². The number of amides is 1. The Morgan fingerprint density at radius 3 is 2.71 bits per heavy atom. The normalized spacial score (nSPS) is 13.6. The van der Waals surface area contributed by atoms with E-state index in [2.05, 4.69) is 47.9 Å². The highest BCUT2D eigenvalue weighted by Crippen LogP contribution is 2.37. The van der Waals surface area contributed by atoms with E-state index in [1.54, 1.807) is 25.4 Å². The Bertz CT molecular complexity index is 1230. The summed E-state index contributed by atoms with van der Waals surface area (Å²) >= 11 is 0. The number of methoxy groups -OCH3 is 1. The first-order valence-corrected chi connectivity index (χ1v) is 11.6. The van der Waals surface area contributed by atoms with Crippen LogP contribution in [0.1, 0.15) is 38.1 Å². The first kappa shape index (κ1) is 23.7. The number of benzene rings is 1. The van der Waals surface area contributed by atoms with Gasteiger partial charge in [-0.3, -0.25) is 19.2 Å². The predicted molar refractivity (Wildman–Crippen MR) is 131 cm³/mol. The van der Waals surface area contributed by atoms with E-state index >= 15 is 0 Å². The zero-order valence-electron chi connectivity index (χ0n) is 20.4. The number of hydrogen-bond acceptors (Lipinski definition) is 7. The summed E-state index contributed by atoms with van der Waals surface area (Å²) in [7, 11) is 1.60. The van der Waals surface area contributed by atoms with Gasteiger partial charge < -0.3 is 14.8 Å². The summed E-state index contributed by atoms with van der Waals surface area (Å²) in [6.45, 7) is 11.4. The van der Waals surface area contributed by atoms with E-state index in [-0.39, 0.29) is 0 Å². The van der Waals surface area contributed by atoms with E-state index in [0.29, 0.717) is 53.4 Å². The molecule has 3 aromatic rings. The summed E-state index contributed by atoms with van der Waals surface area (Å²) in [5, 5.41) is 4.28. The van der Waals surface area contributed by atoms with Crippen LogP contribution in [0.25, 0.3) is 10.9 Å². The van der Waals surface area contributed by atoms with Gasteiger partial charge in [0.25, 0.3) is 5.91 Å². The van der Waals surface area contributed by atoms with Crippen molar-refractivity contribution in [2.24, 2.45) is 4.99 Å². The van der Waals surface area contributed by atoms with Crippen LogP contribution >= 0.6 is 0 Å². The minimum atomic E-state index is -0.393. The highest BCUT2D eigenvalue weighted by atomic mass is 16.5. The Morgan fingerprint density at radius 2 is 2.03 bits per heavy atom. The number of aromatic nitrogens is 3. The van der Waals surface area contributed by atoms with Crippen LogP contribution in [-0.2, 0) is 6.54 Å². The van der Waals surface area contributed by atoms with E-state index in [1.165, 1.54) is 6.20 Å². The number of carbonyl (C=O) groups excluding carboxylic acids is 1. The van der Waals surface area contributed by atoms with Crippen LogP contribution in [0, 0.1) is 0 Å². The second kappa shape index (κ2) is 10.2. The molecule has 1 aliphatic rings. The molecule has 0 spiro atoms. The Balaban J connectivity index is 1.72. The SMILES string of the molecule is COc1c(OCCN(C(C)C)C(C)C)ccc2c3n(c(=NC(=O)c4cccnc4)nc12)CCN3. The first-order valence-electron chi connectivity index (χ1n) is 11.6. The lowest BCUT2D eigenvalue weighted by molar-refractivity contribution is 0.0996. The summed E-state index contributed by atoms with van der Waals surface area (Å²) in [6.07, 6.45) is 3.12. The molecule has 9 heteroatoms. The lowest BCUT2D eigenvalue weighted by Gasteiger charge is -2.30.